The van der Waals surface area contributed by atoms with Crippen molar-refractivity contribution in [2.75, 3.05) is 40.9 Å². The van der Waals surface area contributed by atoms with Gasteiger partial charge in [0.15, 0.2) is 0 Å². The van der Waals surface area contributed by atoms with Gasteiger partial charge < -0.3 is 28.8 Å². The summed E-state index contributed by atoms with van der Waals surface area (Å²) in [6, 6.07) is -0.914. The number of carbonyl (C=O) groups is 1. The van der Waals surface area contributed by atoms with Crippen molar-refractivity contribution in [2.24, 2.45) is 0 Å². The average Bonchev–Trinajstić information content (AvgIpc) is 3.23. The molecule has 9 heteroatoms. The second kappa shape index (κ2) is 43.9. The second-order valence-electron chi connectivity index (χ2n) is 17.8. The van der Waals surface area contributed by atoms with Crippen molar-refractivity contribution in [3.63, 3.8) is 0 Å². The number of aliphatic hydroxyl groups is 1. The number of hydrogen-bond acceptors (Lipinski definition) is 6. The van der Waals surface area contributed by atoms with Gasteiger partial charge in [-0.1, -0.05) is 195 Å². The lowest BCUT2D eigenvalue weighted by molar-refractivity contribution is -0.870. The third kappa shape index (κ3) is 45.7. The first-order valence-corrected chi connectivity index (χ1v) is 26.4. The van der Waals surface area contributed by atoms with E-state index in [1.807, 2.05) is 27.2 Å². The minimum Gasteiger partial charge on any atom is -0.756 e. The molecule has 2 N–H and O–H groups in total. The SMILES string of the molecule is CC/C=C\C/C=C\C/C=C\C/C=C\C/C=C\CCCCCCCCCC(=O)NC(COP(=O)([O-])OCC[N+](C)(C)C)C(O)/C=C/CC/C=C/CCCCCCCCCCCCC. The van der Waals surface area contributed by atoms with Crippen LogP contribution in [0.5, 0.6) is 0 Å². The van der Waals surface area contributed by atoms with Gasteiger partial charge in [0, 0.05) is 6.42 Å². The molecule has 0 rings (SSSR count). The predicted molar refractivity (Wildman–Crippen MR) is 265 cm³/mol. The Morgan fingerprint density at radius 3 is 1.50 bits per heavy atom. The van der Waals surface area contributed by atoms with Crippen LogP contribution in [0.3, 0.4) is 0 Å². The Balaban J connectivity index is 4.41. The van der Waals surface area contributed by atoms with Gasteiger partial charge in [0.2, 0.25) is 5.91 Å². The van der Waals surface area contributed by atoms with Crippen molar-refractivity contribution in [3.05, 3.63) is 85.1 Å². The maximum absolute atomic E-state index is 12.9. The smallest absolute Gasteiger partial charge is 0.268 e. The zero-order valence-electron chi connectivity index (χ0n) is 40.5. The molecule has 0 saturated carbocycles. The zero-order chi connectivity index (χ0) is 45.7. The first-order chi connectivity index (χ1) is 30.0. The fourth-order valence-corrected chi connectivity index (χ4v) is 7.39. The number of nitrogens with one attached hydrogen (secondary N) is 1. The van der Waals surface area contributed by atoms with Gasteiger partial charge in [0.05, 0.1) is 39.9 Å². The third-order valence-corrected chi connectivity index (χ3v) is 11.6. The molecule has 0 spiro atoms. The van der Waals surface area contributed by atoms with Crippen molar-refractivity contribution in [1.29, 1.82) is 0 Å². The lowest BCUT2D eigenvalue weighted by Crippen LogP contribution is -2.45. The van der Waals surface area contributed by atoms with E-state index < -0.39 is 26.6 Å². The highest BCUT2D eigenvalue weighted by atomic mass is 31.2. The van der Waals surface area contributed by atoms with Gasteiger partial charge in [-0.3, -0.25) is 9.36 Å². The molecule has 3 unspecified atom stereocenters. The van der Waals surface area contributed by atoms with Crippen molar-refractivity contribution in [1.82, 2.24) is 5.32 Å². The molecule has 0 aliphatic heterocycles. The number of likely N-dealkylation sites (N-methyl/N-ethyl adjacent to an activating group) is 1. The Hall–Kier alpha value is -2.32. The van der Waals surface area contributed by atoms with Crippen molar-refractivity contribution >= 4 is 13.7 Å². The maximum atomic E-state index is 12.9. The van der Waals surface area contributed by atoms with E-state index in [4.69, 9.17) is 9.05 Å². The lowest BCUT2D eigenvalue weighted by Gasteiger charge is -2.29. The van der Waals surface area contributed by atoms with Crippen LogP contribution < -0.4 is 10.2 Å². The monoisotopic (exact) mass is 887 g/mol. The van der Waals surface area contributed by atoms with E-state index in [1.54, 1.807) is 6.08 Å². The molecule has 0 heterocycles. The molecule has 0 radical (unpaired) electrons. The van der Waals surface area contributed by atoms with Crippen LogP contribution in [0.1, 0.15) is 194 Å². The van der Waals surface area contributed by atoms with Crippen LogP contribution in [0.25, 0.3) is 0 Å². The number of hydrogen-bond donors (Lipinski definition) is 2. The molecule has 62 heavy (non-hydrogen) atoms. The summed E-state index contributed by atoms with van der Waals surface area (Å²) in [4.78, 5) is 25.4. The predicted octanol–water partition coefficient (Wildman–Crippen LogP) is 13.9. The van der Waals surface area contributed by atoms with Gasteiger partial charge in [-0.2, -0.15) is 0 Å². The van der Waals surface area contributed by atoms with Crippen molar-refractivity contribution < 1.29 is 32.9 Å². The number of unbranched alkanes of at least 4 members (excludes halogenated alkanes) is 19. The number of nitrogens with zero attached hydrogens (tertiary/aromatic N) is 1. The summed E-state index contributed by atoms with van der Waals surface area (Å²) in [5.41, 5.74) is 0. The number of quaternary nitrogens is 1. The van der Waals surface area contributed by atoms with Gasteiger partial charge in [-0.25, -0.2) is 0 Å². The molecule has 0 aromatic carbocycles. The summed E-state index contributed by atoms with van der Waals surface area (Å²) in [7, 11) is 1.22. The molecule has 3 atom stereocenters. The van der Waals surface area contributed by atoms with E-state index in [0.29, 0.717) is 17.4 Å². The van der Waals surface area contributed by atoms with E-state index >= 15 is 0 Å². The van der Waals surface area contributed by atoms with Gasteiger partial charge in [-0.15, -0.1) is 0 Å². The van der Waals surface area contributed by atoms with Crippen LogP contribution in [0.15, 0.2) is 85.1 Å². The minimum atomic E-state index is -4.61. The van der Waals surface area contributed by atoms with Crippen LogP contribution >= 0.6 is 7.82 Å². The molecule has 358 valence electrons. The molecule has 0 aromatic rings. The highest BCUT2D eigenvalue weighted by molar-refractivity contribution is 7.45. The highest BCUT2D eigenvalue weighted by Crippen LogP contribution is 2.38. The van der Waals surface area contributed by atoms with Crippen molar-refractivity contribution in [2.45, 2.75) is 206 Å². The third-order valence-electron chi connectivity index (χ3n) is 10.6. The number of phosphoric acid groups is 1. The largest absolute Gasteiger partial charge is 0.756 e. The Labute approximate surface area is 382 Å². The number of phosphoric ester groups is 1. The highest BCUT2D eigenvalue weighted by Gasteiger charge is 2.23. The fourth-order valence-electron chi connectivity index (χ4n) is 6.66. The number of allylic oxidation sites excluding steroid dienone is 13. The summed E-state index contributed by atoms with van der Waals surface area (Å²) in [6.45, 7) is 4.49. The van der Waals surface area contributed by atoms with Crippen LogP contribution in [0.4, 0.5) is 0 Å². The van der Waals surface area contributed by atoms with Gasteiger partial charge in [-0.05, 0) is 77.0 Å². The van der Waals surface area contributed by atoms with Crippen LogP contribution in [0, 0.1) is 0 Å². The van der Waals surface area contributed by atoms with Gasteiger partial charge >= 0.3 is 0 Å². The summed E-state index contributed by atoms with van der Waals surface area (Å²) in [5.74, 6) is -0.222. The first kappa shape index (κ1) is 59.7. The molecule has 0 aromatic heterocycles. The molecule has 8 nitrogen and oxygen atoms in total. The number of amides is 1. The number of carbonyl (C=O) groups excluding carboxylic acids is 1. The molecular formula is C53H95N2O6P. The number of aliphatic hydroxyl groups excluding tert-OH is 1. The molecule has 0 fully saturated rings. The number of rotatable bonds is 44. The zero-order valence-corrected chi connectivity index (χ0v) is 41.4. The van der Waals surface area contributed by atoms with Crippen LogP contribution in [0.2, 0.25) is 0 Å². The minimum absolute atomic E-state index is 0.0131. The van der Waals surface area contributed by atoms with E-state index in [2.05, 4.69) is 92.1 Å². The first-order valence-electron chi connectivity index (χ1n) is 24.9. The fraction of sp³-hybridized carbons (Fsp3) is 0.717. The van der Waals surface area contributed by atoms with Crippen LogP contribution in [-0.4, -0.2) is 68.5 Å². The summed E-state index contributed by atoms with van der Waals surface area (Å²) in [6.07, 6.45) is 60.6. The quantitative estimate of drug-likeness (QED) is 0.0273. The Kier molecular flexibility index (Phi) is 42.3. The summed E-state index contributed by atoms with van der Waals surface area (Å²) < 4.78 is 23.2. The second-order valence-corrected chi connectivity index (χ2v) is 19.2. The van der Waals surface area contributed by atoms with E-state index in [1.165, 1.54) is 89.9 Å². The Morgan fingerprint density at radius 1 is 0.581 bits per heavy atom. The van der Waals surface area contributed by atoms with E-state index in [9.17, 15) is 19.4 Å². The molecule has 0 aliphatic carbocycles. The molecular weight excluding hydrogens is 792 g/mol. The molecule has 0 bridgehead atoms. The average molecular weight is 887 g/mol. The molecule has 0 aliphatic rings. The standard InChI is InChI=1S/C53H95N2O6P/c1-6-8-10-12-14-16-18-20-22-24-25-26-27-28-29-31-33-35-37-39-41-43-45-47-53(57)54-51(50-61-62(58,59)60-49-48-55(3,4)5)52(56)46-44-42-40-38-36-34-32-30-23-21-19-17-15-13-11-9-7-2/h8,10,14,16,20,22,25-26,28-29,36,38,44,46,51-52,56H,6-7,9,11-13,15,17-19,21,23-24,27,30-35,37,39-43,45,47-50H2,1-5H3,(H-,54,57,58,59)/b10-8-,16-14-,22-20-,26-25-,29-28-,38-36+,46-44+. The Bertz CT molecular complexity index is 1280. The normalized spacial score (nSPS) is 14.9. The summed E-state index contributed by atoms with van der Waals surface area (Å²) >= 11 is 0. The van der Waals surface area contributed by atoms with E-state index in [-0.39, 0.29) is 12.5 Å². The van der Waals surface area contributed by atoms with E-state index in [0.717, 1.165) is 83.5 Å². The van der Waals surface area contributed by atoms with Crippen LogP contribution in [-0.2, 0) is 18.4 Å². The van der Waals surface area contributed by atoms with Crippen molar-refractivity contribution in [3.8, 4) is 0 Å². The lowest BCUT2D eigenvalue weighted by atomic mass is 10.1. The molecule has 0 saturated heterocycles. The Morgan fingerprint density at radius 2 is 1.00 bits per heavy atom. The maximum Gasteiger partial charge on any atom is 0.268 e. The van der Waals surface area contributed by atoms with Gasteiger partial charge in [0.1, 0.15) is 13.2 Å². The topological polar surface area (TPSA) is 108 Å². The van der Waals surface area contributed by atoms with Gasteiger partial charge in [0.25, 0.3) is 7.82 Å². The summed E-state index contributed by atoms with van der Waals surface area (Å²) in [5, 5.41) is 13.8. The molecule has 1 amide bonds.